The van der Waals surface area contributed by atoms with Crippen LogP contribution in [0, 0.1) is 0 Å². The van der Waals surface area contributed by atoms with Crippen molar-refractivity contribution in [2.75, 3.05) is 0 Å². The lowest BCUT2D eigenvalue weighted by Crippen LogP contribution is -1.80. The standard InChI is InChI=1S/C8H7N3/c1-2-7-8-6(3-4-9-7)5-10-11-8/h2-5H,1H2,(H,10,11). The highest BCUT2D eigenvalue weighted by atomic mass is 15.1. The van der Waals surface area contributed by atoms with Crippen LogP contribution in [-0.2, 0) is 0 Å². The Balaban J connectivity index is 2.88. The predicted octanol–water partition coefficient (Wildman–Crippen LogP) is 1.60. The third-order valence-corrected chi connectivity index (χ3v) is 1.59. The van der Waals surface area contributed by atoms with Crippen LogP contribution in [0.4, 0.5) is 0 Å². The molecule has 0 atom stereocenters. The molecule has 0 aromatic carbocycles. The SMILES string of the molecule is C=Cc1nccc2cn[nH]c12. The molecule has 0 radical (unpaired) electrons. The fourth-order valence-corrected chi connectivity index (χ4v) is 1.04. The molecule has 0 spiro atoms. The Kier molecular flexibility index (Phi) is 1.22. The monoisotopic (exact) mass is 145 g/mol. The molecular formula is C8H7N3. The van der Waals surface area contributed by atoms with E-state index in [1.54, 1.807) is 18.5 Å². The number of nitrogens with zero attached hydrogens (tertiary/aromatic N) is 2. The first-order valence-electron chi connectivity index (χ1n) is 3.32. The number of aromatic nitrogens is 3. The van der Waals surface area contributed by atoms with Crippen molar-refractivity contribution in [3.05, 3.63) is 30.7 Å². The molecule has 2 aromatic heterocycles. The zero-order valence-electron chi connectivity index (χ0n) is 5.91. The van der Waals surface area contributed by atoms with Gasteiger partial charge < -0.3 is 0 Å². The number of H-pyrrole nitrogens is 1. The molecule has 2 heterocycles. The van der Waals surface area contributed by atoms with Crippen LogP contribution in [0.15, 0.2) is 25.0 Å². The summed E-state index contributed by atoms with van der Waals surface area (Å²) in [7, 11) is 0. The van der Waals surface area contributed by atoms with Crippen molar-refractivity contribution in [1.82, 2.24) is 15.2 Å². The predicted molar refractivity (Wildman–Crippen MR) is 44.0 cm³/mol. The van der Waals surface area contributed by atoms with E-state index in [0.717, 1.165) is 16.6 Å². The number of aromatic amines is 1. The number of hydrogen-bond donors (Lipinski definition) is 1. The van der Waals surface area contributed by atoms with Gasteiger partial charge in [0.2, 0.25) is 0 Å². The van der Waals surface area contributed by atoms with Crippen LogP contribution in [0.1, 0.15) is 5.69 Å². The smallest absolute Gasteiger partial charge is 0.0907 e. The Bertz CT molecular complexity index is 389. The fourth-order valence-electron chi connectivity index (χ4n) is 1.04. The van der Waals surface area contributed by atoms with E-state index >= 15 is 0 Å². The highest BCUT2D eigenvalue weighted by Gasteiger charge is 1.98. The van der Waals surface area contributed by atoms with Crippen LogP contribution in [0.3, 0.4) is 0 Å². The van der Waals surface area contributed by atoms with Gasteiger partial charge in [-0.25, -0.2) is 0 Å². The Hall–Kier alpha value is -1.64. The lowest BCUT2D eigenvalue weighted by molar-refractivity contribution is 1.11. The molecule has 0 aliphatic rings. The molecule has 2 aromatic rings. The Morgan fingerprint density at radius 1 is 1.55 bits per heavy atom. The minimum Gasteiger partial charge on any atom is -0.276 e. The summed E-state index contributed by atoms with van der Waals surface area (Å²) >= 11 is 0. The van der Waals surface area contributed by atoms with Crippen molar-refractivity contribution in [2.24, 2.45) is 0 Å². The van der Waals surface area contributed by atoms with Gasteiger partial charge in [0.05, 0.1) is 17.4 Å². The largest absolute Gasteiger partial charge is 0.276 e. The first-order chi connectivity index (χ1) is 5.42. The number of hydrogen-bond acceptors (Lipinski definition) is 2. The lowest BCUT2D eigenvalue weighted by Gasteiger charge is -1.91. The molecule has 0 aliphatic heterocycles. The highest BCUT2D eigenvalue weighted by Crippen LogP contribution is 2.12. The molecule has 3 nitrogen and oxygen atoms in total. The Labute approximate surface area is 63.8 Å². The van der Waals surface area contributed by atoms with E-state index in [4.69, 9.17) is 0 Å². The van der Waals surface area contributed by atoms with Gasteiger partial charge in [-0.15, -0.1) is 0 Å². The van der Waals surface area contributed by atoms with Crippen molar-refractivity contribution in [2.45, 2.75) is 0 Å². The lowest BCUT2D eigenvalue weighted by atomic mass is 10.2. The Morgan fingerprint density at radius 3 is 3.27 bits per heavy atom. The van der Waals surface area contributed by atoms with Gasteiger partial charge in [0.15, 0.2) is 0 Å². The first kappa shape index (κ1) is 6.09. The third-order valence-electron chi connectivity index (χ3n) is 1.59. The summed E-state index contributed by atoms with van der Waals surface area (Å²) in [6, 6.07) is 1.91. The van der Waals surface area contributed by atoms with Crippen LogP contribution in [-0.4, -0.2) is 15.2 Å². The summed E-state index contributed by atoms with van der Waals surface area (Å²) in [5, 5.41) is 7.82. The molecular weight excluding hydrogens is 138 g/mol. The van der Waals surface area contributed by atoms with Gasteiger partial charge in [0.1, 0.15) is 0 Å². The maximum Gasteiger partial charge on any atom is 0.0907 e. The minimum atomic E-state index is 0.847. The quantitative estimate of drug-likeness (QED) is 0.662. The van der Waals surface area contributed by atoms with Crippen LogP contribution < -0.4 is 0 Å². The number of fused-ring (bicyclic) bond motifs is 1. The van der Waals surface area contributed by atoms with E-state index in [2.05, 4.69) is 21.8 Å². The second-order valence-corrected chi connectivity index (χ2v) is 2.23. The molecule has 0 saturated heterocycles. The first-order valence-corrected chi connectivity index (χ1v) is 3.32. The van der Waals surface area contributed by atoms with E-state index < -0.39 is 0 Å². The van der Waals surface area contributed by atoms with Gasteiger partial charge in [-0.05, 0) is 12.1 Å². The molecule has 0 saturated carbocycles. The van der Waals surface area contributed by atoms with E-state index in [0.29, 0.717) is 0 Å². The molecule has 0 fully saturated rings. The summed E-state index contributed by atoms with van der Waals surface area (Å²) < 4.78 is 0. The summed E-state index contributed by atoms with van der Waals surface area (Å²) in [5.41, 5.74) is 1.79. The normalized spacial score (nSPS) is 10.2. The Morgan fingerprint density at radius 2 is 2.45 bits per heavy atom. The maximum absolute atomic E-state index is 4.11. The van der Waals surface area contributed by atoms with Crippen LogP contribution in [0.2, 0.25) is 0 Å². The molecule has 0 amide bonds. The summed E-state index contributed by atoms with van der Waals surface area (Å²) in [6.45, 7) is 3.65. The van der Waals surface area contributed by atoms with Crippen LogP contribution in [0.25, 0.3) is 17.0 Å². The van der Waals surface area contributed by atoms with Gasteiger partial charge in [-0.1, -0.05) is 6.58 Å². The van der Waals surface area contributed by atoms with E-state index in [-0.39, 0.29) is 0 Å². The van der Waals surface area contributed by atoms with Gasteiger partial charge in [0, 0.05) is 11.6 Å². The van der Waals surface area contributed by atoms with Crippen molar-refractivity contribution in [3.8, 4) is 0 Å². The topological polar surface area (TPSA) is 41.6 Å². The summed E-state index contributed by atoms with van der Waals surface area (Å²) in [4.78, 5) is 4.11. The molecule has 2 rings (SSSR count). The van der Waals surface area contributed by atoms with Crippen molar-refractivity contribution >= 4 is 17.0 Å². The molecule has 1 N–H and O–H groups in total. The highest BCUT2D eigenvalue weighted by molar-refractivity contribution is 5.84. The van der Waals surface area contributed by atoms with E-state index in [1.807, 2.05) is 6.07 Å². The molecule has 0 bridgehead atoms. The second kappa shape index (κ2) is 2.20. The molecule has 0 unspecified atom stereocenters. The second-order valence-electron chi connectivity index (χ2n) is 2.23. The summed E-state index contributed by atoms with van der Waals surface area (Å²) in [5.74, 6) is 0. The van der Waals surface area contributed by atoms with Crippen molar-refractivity contribution in [3.63, 3.8) is 0 Å². The third kappa shape index (κ3) is 0.816. The zero-order chi connectivity index (χ0) is 7.68. The van der Waals surface area contributed by atoms with Crippen molar-refractivity contribution < 1.29 is 0 Å². The van der Waals surface area contributed by atoms with Gasteiger partial charge in [-0.3, -0.25) is 10.1 Å². The van der Waals surface area contributed by atoms with E-state index in [1.165, 1.54) is 0 Å². The number of rotatable bonds is 1. The molecule has 54 valence electrons. The van der Waals surface area contributed by atoms with Gasteiger partial charge in [0.25, 0.3) is 0 Å². The zero-order valence-corrected chi connectivity index (χ0v) is 5.91. The molecule has 3 heteroatoms. The van der Waals surface area contributed by atoms with Gasteiger partial charge >= 0.3 is 0 Å². The molecule has 11 heavy (non-hydrogen) atoms. The average molecular weight is 145 g/mol. The average Bonchev–Trinajstić information content (AvgIpc) is 2.50. The summed E-state index contributed by atoms with van der Waals surface area (Å²) in [6.07, 6.45) is 5.22. The maximum atomic E-state index is 4.11. The number of nitrogens with one attached hydrogen (secondary N) is 1. The fraction of sp³-hybridized carbons (Fsp3) is 0. The van der Waals surface area contributed by atoms with Crippen LogP contribution >= 0.6 is 0 Å². The van der Waals surface area contributed by atoms with Gasteiger partial charge in [-0.2, -0.15) is 5.10 Å². The molecule has 0 aliphatic carbocycles. The number of pyridine rings is 1. The minimum absolute atomic E-state index is 0.847. The van der Waals surface area contributed by atoms with Crippen molar-refractivity contribution in [1.29, 1.82) is 0 Å². The van der Waals surface area contributed by atoms with Crippen LogP contribution in [0.5, 0.6) is 0 Å². The van der Waals surface area contributed by atoms with E-state index in [9.17, 15) is 0 Å².